The minimum absolute atomic E-state index is 0.158. The van der Waals surface area contributed by atoms with Gasteiger partial charge in [0.15, 0.2) is 0 Å². The Morgan fingerprint density at radius 3 is 2.62 bits per heavy atom. The molecule has 0 fully saturated rings. The van der Waals surface area contributed by atoms with Crippen LogP contribution in [-0.4, -0.2) is 27.5 Å². The quantitative estimate of drug-likeness (QED) is 0.794. The number of aliphatic hydroxyl groups excluding tert-OH is 1. The van der Waals surface area contributed by atoms with Crippen molar-refractivity contribution in [2.75, 3.05) is 6.61 Å². The molecule has 0 saturated heterocycles. The van der Waals surface area contributed by atoms with Crippen LogP contribution in [0, 0.1) is 5.41 Å². The van der Waals surface area contributed by atoms with Crippen LogP contribution in [0.25, 0.3) is 0 Å². The monoisotopic (exact) mass is 225 g/mol. The minimum atomic E-state index is 0.158. The first kappa shape index (κ1) is 13.2. The molecule has 0 saturated carbocycles. The van der Waals surface area contributed by atoms with Gasteiger partial charge in [-0.05, 0) is 11.8 Å². The van der Waals surface area contributed by atoms with Crippen molar-refractivity contribution in [3.63, 3.8) is 0 Å². The van der Waals surface area contributed by atoms with Crippen molar-refractivity contribution in [3.8, 4) is 0 Å². The van der Waals surface area contributed by atoms with Gasteiger partial charge >= 0.3 is 0 Å². The van der Waals surface area contributed by atoms with Crippen molar-refractivity contribution >= 4 is 0 Å². The summed E-state index contributed by atoms with van der Waals surface area (Å²) in [6, 6.07) is 0.317. The van der Waals surface area contributed by atoms with E-state index < -0.39 is 0 Å². The summed E-state index contributed by atoms with van der Waals surface area (Å²) < 4.78 is 1.80. The molecule has 0 radical (unpaired) electrons. The van der Waals surface area contributed by atoms with E-state index >= 15 is 0 Å². The highest BCUT2D eigenvalue weighted by Crippen LogP contribution is 2.21. The predicted molar refractivity (Wildman–Crippen MR) is 65.0 cm³/mol. The lowest BCUT2D eigenvalue weighted by atomic mass is 9.85. The van der Waals surface area contributed by atoms with Crippen LogP contribution < -0.4 is 5.32 Å². The van der Waals surface area contributed by atoms with Crippen LogP contribution >= 0.6 is 0 Å². The zero-order chi connectivity index (χ0) is 12.2. The molecule has 1 aromatic rings. The van der Waals surface area contributed by atoms with Crippen molar-refractivity contribution in [1.29, 1.82) is 0 Å². The molecule has 0 aliphatic carbocycles. The van der Waals surface area contributed by atoms with Gasteiger partial charge in [-0.3, -0.25) is 4.68 Å². The van der Waals surface area contributed by atoms with Crippen molar-refractivity contribution in [1.82, 2.24) is 15.1 Å². The fourth-order valence-corrected chi connectivity index (χ4v) is 1.77. The van der Waals surface area contributed by atoms with E-state index in [1.807, 2.05) is 19.4 Å². The SMILES string of the molecule is Cn1cc(CNC(CCO)C(C)(C)C)cn1. The Kier molecular flexibility index (Phi) is 4.50. The topological polar surface area (TPSA) is 50.1 Å². The molecule has 16 heavy (non-hydrogen) atoms. The highest BCUT2D eigenvalue weighted by molar-refractivity contribution is 5.03. The van der Waals surface area contributed by atoms with Crippen molar-refractivity contribution in [2.24, 2.45) is 12.5 Å². The van der Waals surface area contributed by atoms with Gasteiger partial charge in [0.2, 0.25) is 0 Å². The number of aliphatic hydroxyl groups is 1. The average molecular weight is 225 g/mol. The number of nitrogens with zero attached hydrogens (tertiary/aromatic N) is 2. The molecular weight excluding hydrogens is 202 g/mol. The second-order valence-corrected chi connectivity index (χ2v) is 5.33. The summed E-state index contributed by atoms with van der Waals surface area (Å²) in [7, 11) is 1.92. The first-order chi connectivity index (χ1) is 7.43. The maximum atomic E-state index is 9.04. The summed E-state index contributed by atoms with van der Waals surface area (Å²) in [6.45, 7) is 7.58. The van der Waals surface area contributed by atoms with E-state index in [0.29, 0.717) is 6.04 Å². The normalized spacial score (nSPS) is 14.1. The Morgan fingerprint density at radius 1 is 1.50 bits per heavy atom. The van der Waals surface area contributed by atoms with Crippen molar-refractivity contribution in [3.05, 3.63) is 18.0 Å². The zero-order valence-electron chi connectivity index (χ0n) is 10.7. The lowest BCUT2D eigenvalue weighted by molar-refractivity contribution is 0.196. The van der Waals surface area contributed by atoms with Crippen LogP contribution in [-0.2, 0) is 13.6 Å². The van der Waals surface area contributed by atoms with Gasteiger partial charge in [-0.1, -0.05) is 20.8 Å². The second kappa shape index (κ2) is 5.46. The fourth-order valence-electron chi connectivity index (χ4n) is 1.77. The van der Waals surface area contributed by atoms with Gasteiger partial charge in [0.1, 0.15) is 0 Å². The Morgan fingerprint density at radius 2 is 2.19 bits per heavy atom. The lowest BCUT2D eigenvalue weighted by Crippen LogP contribution is -2.40. The number of rotatable bonds is 5. The molecule has 0 bridgehead atoms. The van der Waals surface area contributed by atoms with Crippen molar-refractivity contribution < 1.29 is 5.11 Å². The first-order valence-electron chi connectivity index (χ1n) is 5.75. The van der Waals surface area contributed by atoms with Gasteiger partial charge in [0.05, 0.1) is 6.20 Å². The van der Waals surface area contributed by atoms with Gasteiger partial charge in [0, 0.05) is 38.0 Å². The largest absolute Gasteiger partial charge is 0.396 e. The highest BCUT2D eigenvalue weighted by Gasteiger charge is 2.23. The van der Waals surface area contributed by atoms with E-state index in [9.17, 15) is 0 Å². The number of aryl methyl sites for hydroxylation is 1. The maximum absolute atomic E-state index is 9.04. The number of aromatic nitrogens is 2. The Hall–Kier alpha value is -0.870. The first-order valence-corrected chi connectivity index (χ1v) is 5.75. The summed E-state index contributed by atoms with van der Waals surface area (Å²) in [5.41, 5.74) is 1.33. The summed E-state index contributed by atoms with van der Waals surface area (Å²) in [4.78, 5) is 0. The van der Waals surface area contributed by atoms with Gasteiger partial charge < -0.3 is 10.4 Å². The van der Waals surface area contributed by atoms with Crippen LogP contribution in [0.15, 0.2) is 12.4 Å². The Bertz CT molecular complexity index is 314. The molecule has 0 amide bonds. The van der Waals surface area contributed by atoms with Gasteiger partial charge in [-0.25, -0.2) is 0 Å². The van der Waals surface area contributed by atoms with E-state index in [1.165, 1.54) is 5.56 Å². The molecule has 0 aliphatic rings. The second-order valence-electron chi connectivity index (χ2n) is 5.33. The molecule has 1 aromatic heterocycles. The van der Waals surface area contributed by atoms with Crippen molar-refractivity contribution in [2.45, 2.75) is 39.8 Å². The number of hydrogen-bond donors (Lipinski definition) is 2. The maximum Gasteiger partial charge on any atom is 0.0534 e. The molecular formula is C12H23N3O. The Labute approximate surface area is 97.7 Å². The predicted octanol–water partition coefficient (Wildman–Crippen LogP) is 1.31. The number of hydrogen-bond acceptors (Lipinski definition) is 3. The molecule has 92 valence electrons. The zero-order valence-corrected chi connectivity index (χ0v) is 10.7. The van der Waals surface area contributed by atoms with Crippen LogP contribution in [0.1, 0.15) is 32.8 Å². The lowest BCUT2D eigenvalue weighted by Gasteiger charge is -2.31. The van der Waals surface area contributed by atoms with E-state index in [1.54, 1.807) is 4.68 Å². The summed E-state index contributed by atoms with van der Waals surface area (Å²) in [6.07, 6.45) is 4.65. The van der Waals surface area contributed by atoms with Crippen LogP contribution in [0.3, 0.4) is 0 Å². The van der Waals surface area contributed by atoms with Gasteiger partial charge in [0.25, 0.3) is 0 Å². The number of nitrogens with one attached hydrogen (secondary N) is 1. The molecule has 4 nitrogen and oxygen atoms in total. The summed E-state index contributed by atoms with van der Waals surface area (Å²) in [5.74, 6) is 0. The van der Waals surface area contributed by atoms with Crippen LogP contribution in [0.5, 0.6) is 0 Å². The van der Waals surface area contributed by atoms with E-state index in [-0.39, 0.29) is 12.0 Å². The third kappa shape index (κ3) is 3.94. The minimum Gasteiger partial charge on any atom is -0.396 e. The average Bonchev–Trinajstić information content (AvgIpc) is 2.57. The summed E-state index contributed by atoms with van der Waals surface area (Å²) in [5, 5.41) is 16.7. The molecule has 1 atom stereocenters. The Balaban J connectivity index is 2.50. The molecule has 0 aromatic carbocycles. The molecule has 2 N–H and O–H groups in total. The third-order valence-electron chi connectivity index (χ3n) is 2.77. The molecule has 0 spiro atoms. The third-order valence-corrected chi connectivity index (χ3v) is 2.77. The molecule has 1 heterocycles. The molecule has 1 rings (SSSR count). The van der Waals surface area contributed by atoms with E-state index in [0.717, 1.165) is 13.0 Å². The summed E-state index contributed by atoms with van der Waals surface area (Å²) >= 11 is 0. The fraction of sp³-hybridized carbons (Fsp3) is 0.750. The van der Waals surface area contributed by atoms with Gasteiger partial charge in [-0.15, -0.1) is 0 Å². The van der Waals surface area contributed by atoms with Crippen LogP contribution in [0.2, 0.25) is 0 Å². The van der Waals surface area contributed by atoms with Gasteiger partial charge in [-0.2, -0.15) is 5.10 Å². The highest BCUT2D eigenvalue weighted by atomic mass is 16.3. The molecule has 4 heteroatoms. The molecule has 0 aliphatic heterocycles. The van der Waals surface area contributed by atoms with E-state index in [2.05, 4.69) is 31.2 Å². The smallest absolute Gasteiger partial charge is 0.0534 e. The van der Waals surface area contributed by atoms with Crippen LogP contribution in [0.4, 0.5) is 0 Å². The van der Waals surface area contributed by atoms with E-state index in [4.69, 9.17) is 5.11 Å². The molecule has 1 unspecified atom stereocenters. The standard InChI is InChI=1S/C12H23N3O/c1-12(2,3)11(5-6-16)13-7-10-8-14-15(4)9-10/h8-9,11,13,16H,5-7H2,1-4H3.